The molecule has 2 unspecified atom stereocenters. The van der Waals surface area contributed by atoms with Crippen LogP contribution in [0.5, 0.6) is 0 Å². The third-order valence-corrected chi connectivity index (χ3v) is 6.12. The van der Waals surface area contributed by atoms with E-state index in [2.05, 4.69) is 17.1 Å². The van der Waals surface area contributed by atoms with Crippen molar-refractivity contribution in [1.29, 1.82) is 0 Å². The summed E-state index contributed by atoms with van der Waals surface area (Å²) < 4.78 is 31.8. The van der Waals surface area contributed by atoms with Crippen molar-refractivity contribution in [2.75, 3.05) is 39.6 Å². The van der Waals surface area contributed by atoms with Crippen LogP contribution in [-0.4, -0.2) is 61.7 Å². The lowest BCUT2D eigenvalue weighted by Gasteiger charge is -2.31. The molecule has 0 saturated carbocycles. The quantitative estimate of drug-likeness (QED) is 0.112. The van der Waals surface area contributed by atoms with E-state index in [0.29, 0.717) is 18.8 Å². The minimum Gasteiger partial charge on any atom is -0.396 e. The van der Waals surface area contributed by atoms with E-state index in [0.717, 1.165) is 12.8 Å². The van der Waals surface area contributed by atoms with E-state index in [9.17, 15) is 9.36 Å². The van der Waals surface area contributed by atoms with Gasteiger partial charge in [-0.1, -0.05) is 26.8 Å². The molecule has 11 heteroatoms. The summed E-state index contributed by atoms with van der Waals surface area (Å²) in [4.78, 5) is 16.4. The van der Waals surface area contributed by atoms with E-state index in [-0.39, 0.29) is 12.5 Å². The topological polar surface area (TPSA) is 98.7 Å². The summed E-state index contributed by atoms with van der Waals surface area (Å²) in [7, 11) is -0.972. The van der Waals surface area contributed by atoms with E-state index in [1.165, 1.54) is 32.0 Å². The number of thioether (sulfide) groups is 1. The van der Waals surface area contributed by atoms with Gasteiger partial charge in [0.1, 0.15) is 7.11 Å². The highest BCUT2D eigenvalue weighted by molar-refractivity contribution is 8.00. The van der Waals surface area contributed by atoms with Gasteiger partial charge in [0.05, 0.1) is 6.61 Å². The average molecular weight is 425 g/mol. The van der Waals surface area contributed by atoms with Gasteiger partial charge in [0.25, 0.3) is 5.90 Å². The molecule has 0 heterocycles. The van der Waals surface area contributed by atoms with Crippen LogP contribution in [-0.2, 0) is 23.2 Å². The lowest BCUT2D eigenvalue weighted by molar-refractivity contribution is 0.148. The summed E-state index contributed by atoms with van der Waals surface area (Å²) in [6, 6.07) is 0. The fourth-order valence-electron chi connectivity index (χ4n) is 1.96. The molecule has 0 fully saturated rings. The van der Waals surface area contributed by atoms with Crippen LogP contribution < -0.4 is 5.32 Å². The molecule has 1 amide bonds. The van der Waals surface area contributed by atoms with Crippen LogP contribution in [0.15, 0.2) is 17.8 Å². The lowest BCUT2D eigenvalue weighted by Crippen LogP contribution is -2.33. The van der Waals surface area contributed by atoms with Crippen LogP contribution in [0.2, 0.25) is 0 Å². The standard InChI is InChI=1S/C16H32N3O6PS/c1-7-11-19(12-8-2)26(21,23-13-9-3)25-15(27-10-4)14(18-22-6)24-16(20)17-5/h9,15H,3,7-8,10-13H2,1-2,4-6H3,(H,17,20)/b18-14-. The summed E-state index contributed by atoms with van der Waals surface area (Å²) in [5.74, 6) is 0.437. The Hall–Kier alpha value is -1.06. The van der Waals surface area contributed by atoms with Crippen molar-refractivity contribution in [2.24, 2.45) is 5.16 Å². The number of hydrogen-bond acceptors (Lipinski definition) is 8. The van der Waals surface area contributed by atoms with Gasteiger partial charge in [-0.3, -0.25) is 9.05 Å². The van der Waals surface area contributed by atoms with Crippen LogP contribution in [0, 0.1) is 0 Å². The van der Waals surface area contributed by atoms with Crippen molar-refractivity contribution >= 4 is 31.5 Å². The summed E-state index contributed by atoms with van der Waals surface area (Å²) >= 11 is 1.25. The number of nitrogens with one attached hydrogen (secondary N) is 1. The maximum absolute atomic E-state index is 13.6. The first kappa shape index (κ1) is 25.9. The molecule has 0 aliphatic carbocycles. The van der Waals surface area contributed by atoms with Crippen LogP contribution in [0.25, 0.3) is 0 Å². The van der Waals surface area contributed by atoms with Gasteiger partial charge in [-0.15, -0.1) is 18.3 Å². The molecule has 27 heavy (non-hydrogen) atoms. The minimum absolute atomic E-state index is 0.0533. The first-order valence-corrected chi connectivity index (χ1v) is 11.4. The van der Waals surface area contributed by atoms with Crippen molar-refractivity contribution in [3.63, 3.8) is 0 Å². The average Bonchev–Trinajstić information content (AvgIpc) is 2.65. The van der Waals surface area contributed by atoms with Crippen molar-refractivity contribution in [3.05, 3.63) is 12.7 Å². The monoisotopic (exact) mass is 425 g/mol. The first-order chi connectivity index (χ1) is 12.9. The number of alkyl carbamates (subject to hydrolysis) is 1. The number of carbonyl (C=O) groups excluding carboxylic acids is 1. The molecule has 158 valence electrons. The molecule has 0 radical (unpaired) electrons. The maximum Gasteiger partial charge on any atom is 0.413 e. The highest BCUT2D eigenvalue weighted by Gasteiger charge is 2.38. The van der Waals surface area contributed by atoms with Crippen molar-refractivity contribution in [3.8, 4) is 0 Å². The molecule has 0 aliphatic heterocycles. The molecular weight excluding hydrogens is 393 g/mol. The highest BCUT2D eigenvalue weighted by atomic mass is 32.2. The number of oxime groups is 1. The van der Waals surface area contributed by atoms with Crippen LogP contribution >= 0.6 is 19.5 Å². The van der Waals surface area contributed by atoms with E-state index < -0.39 is 19.3 Å². The molecule has 0 bridgehead atoms. The Kier molecular flexibility index (Phi) is 14.3. The van der Waals surface area contributed by atoms with Gasteiger partial charge in [-0.05, 0) is 23.8 Å². The molecule has 0 rings (SSSR count). The molecule has 2 atom stereocenters. The van der Waals surface area contributed by atoms with E-state index in [1.807, 2.05) is 20.8 Å². The fourth-order valence-corrected chi connectivity index (χ4v) is 4.94. The molecule has 0 aliphatic rings. The normalized spacial score (nSPS) is 15.1. The number of amides is 1. The largest absolute Gasteiger partial charge is 0.413 e. The van der Waals surface area contributed by atoms with E-state index >= 15 is 0 Å². The number of nitrogens with zero attached hydrogens (tertiary/aromatic N) is 2. The van der Waals surface area contributed by atoms with Gasteiger partial charge in [-0.2, -0.15) is 0 Å². The van der Waals surface area contributed by atoms with E-state index in [1.54, 1.807) is 4.67 Å². The zero-order valence-electron chi connectivity index (χ0n) is 16.8. The number of hydrogen-bond donors (Lipinski definition) is 1. The zero-order valence-corrected chi connectivity index (χ0v) is 18.5. The van der Waals surface area contributed by atoms with Gasteiger partial charge < -0.3 is 14.9 Å². The SMILES string of the molecule is C=CCOP(=O)(OC(SCC)/C(=N/OC)OC(=O)NC)N(CCC)CCC. The smallest absolute Gasteiger partial charge is 0.396 e. The molecule has 9 nitrogen and oxygen atoms in total. The van der Waals surface area contributed by atoms with Crippen LogP contribution in [0.4, 0.5) is 4.79 Å². The summed E-state index contributed by atoms with van der Waals surface area (Å²) in [6.45, 7) is 10.5. The summed E-state index contributed by atoms with van der Waals surface area (Å²) in [6.07, 6.45) is 2.30. The third-order valence-electron chi connectivity index (χ3n) is 3.00. The summed E-state index contributed by atoms with van der Waals surface area (Å²) in [5, 5.41) is 6.04. The molecule has 0 saturated heterocycles. The van der Waals surface area contributed by atoms with Crippen LogP contribution in [0.1, 0.15) is 33.6 Å². The highest BCUT2D eigenvalue weighted by Crippen LogP contribution is 2.54. The molecule has 0 aromatic heterocycles. The second-order valence-electron chi connectivity index (χ2n) is 5.15. The molecule has 1 N–H and O–H groups in total. The van der Waals surface area contributed by atoms with Crippen molar-refractivity contribution < 1.29 is 28.0 Å². The Morgan fingerprint density at radius 3 is 2.41 bits per heavy atom. The Bertz CT molecular complexity index is 514. The predicted molar refractivity (Wildman–Crippen MR) is 109 cm³/mol. The van der Waals surface area contributed by atoms with Gasteiger partial charge in [0, 0.05) is 20.1 Å². The van der Waals surface area contributed by atoms with Crippen LogP contribution in [0.3, 0.4) is 0 Å². The van der Waals surface area contributed by atoms with Crippen molar-refractivity contribution in [1.82, 2.24) is 9.99 Å². The number of ether oxygens (including phenoxy) is 1. The van der Waals surface area contributed by atoms with Crippen molar-refractivity contribution in [2.45, 2.75) is 39.0 Å². The third kappa shape index (κ3) is 9.62. The van der Waals surface area contributed by atoms with Gasteiger partial charge >= 0.3 is 13.8 Å². The Labute approximate surface area is 166 Å². The van der Waals surface area contributed by atoms with Gasteiger partial charge in [0.2, 0.25) is 0 Å². The molecule has 0 aromatic rings. The first-order valence-electron chi connectivity index (χ1n) is 8.83. The Balaban J connectivity index is 5.76. The number of carbonyl (C=O) groups is 1. The molecular formula is C16H32N3O6PS. The maximum atomic E-state index is 13.6. The zero-order chi connectivity index (χ0) is 20.7. The van der Waals surface area contributed by atoms with Gasteiger partial charge in [-0.25, -0.2) is 14.0 Å². The fraction of sp³-hybridized carbons (Fsp3) is 0.750. The Morgan fingerprint density at radius 2 is 1.96 bits per heavy atom. The minimum atomic E-state index is -3.70. The predicted octanol–water partition coefficient (Wildman–Crippen LogP) is 3.83. The summed E-state index contributed by atoms with van der Waals surface area (Å²) in [5.41, 5.74) is -0.959. The Morgan fingerprint density at radius 1 is 1.33 bits per heavy atom. The second-order valence-corrected chi connectivity index (χ2v) is 8.46. The molecule has 0 spiro atoms. The lowest BCUT2D eigenvalue weighted by atomic mass is 10.4. The molecule has 0 aromatic carbocycles. The van der Waals surface area contributed by atoms with Gasteiger partial charge in [0.15, 0.2) is 5.44 Å². The number of rotatable bonds is 14. The van der Waals surface area contributed by atoms with E-state index in [4.69, 9.17) is 18.6 Å². The second kappa shape index (κ2) is 14.9.